The molecule has 0 radical (unpaired) electrons. The van der Waals surface area contributed by atoms with Gasteiger partial charge >= 0.3 is 0 Å². The summed E-state index contributed by atoms with van der Waals surface area (Å²) < 4.78 is 0. The number of benzene rings is 1. The Morgan fingerprint density at radius 2 is 1.89 bits per heavy atom. The highest BCUT2D eigenvalue weighted by Crippen LogP contribution is 2.32. The number of hydrogen-bond acceptors (Lipinski definition) is 3. The van der Waals surface area contributed by atoms with Crippen molar-refractivity contribution in [3.05, 3.63) is 53.3 Å². The van der Waals surface area contributed by atoms with Crippen LogP contribution in [0.1, 0.15) is 5.56 Å². The van der Waals surface area contributed by atoms with Gasteiger partial charge in [0.2, 0.25) is 0 Å². The van der Waals surface area contributed by atoms with Crippen LogP contribution in [0, 0.1) is 0 Å². The predicted molar refractivity (Wildman–Crippen MR) is 80.0 cm³/mol. The Kier molecular flexibility index (Phi) is 3.30. The van der Waals surface area contributed by atoms with Crippen molar-refractivity contribution in [1.29, 1.82) is 0 Å². The van der Waals surface area contributed by atoms with E-state index in [9.17, 15) is 0 Å². The molecule has 1 aromatic heterocycles. The smallest absolute Gasteiger partial charge is 0.129 e. The third-order valence-corrected chi connectivity index (χ3v) is 3.72. The molecule has 0 amide bonds. The van der Waals surface area contributed by atoms with E-state index in [4.69, 9.17) is 11.6 Å². The molecule has 4 heteroatoms. The van der Waals surface area contributed by atoms with Gasteiger partial charge in [0.1, 0.15) is 5.15 Å². The van der Waals surface area contributed by atoms with Crippen LogP contribution in [0.25, 0.3) is 0 Å². The molecule has 19 heavy (non-hydrogen) atoms. The zero-order chi connectivity index (χ0) is 13.2. The fourth-order valence-corrected chi connectivity index (χ4v) is 2.56. The molecule has 98 valence electrons. The molecule has 0 fully saturated rings. The van der Waals surface area contributed by atoms with Crippen LogP contribution in [0.4, 0.5) is 11.4 Å². The molecule has 1 aromatic carbocycles. The van der Waals surface area contributed by atoms with E-state index in [1.165, 1.54) is 16.9 Å². The molecule has 0 spiro atoms. The van der Waals surface area contributed by atoms with Crippen LogP contribution >= 0.6 is 11.6 Å². The van der Waals surface area contributed by atoms with Gasteiger partial charge in [0.15, 0.2) is 0 Å². The average molecular weight is 274 g/mol. The highest BCUT2D eigenvalue weighted by atomic mass is 35.5. The molecule has 0 N–H and O–H groups in total. The molecule has 0 unspecified atom stereocenters. The molecule has 2 heterocycles. The van der Waals surface area contributed by atoms with Gasteiger partial charge in [-0.05, 0) is 23.8 Å². The lowest BCUT2D eigenvalue weighted by Gasteiger charge is -2.37. The molecular formula is C15H16ClN3. The summed E-state index contributed by atoms with van der Waals surface area (Å²) in [5.41, 5.74) is 3.76. The van der Waals surface area contributed by atoms with E-state index in [2.05, 4.69) is 46.1 Å². The van der Waals surface area contributed by atoms with Crippen LogP contribution in [-0.2, 0) is 6.54 Å². The summed E-state index contributed by atoms with van der Waals surface area (Å²) in [5.74, 6) is 0. The van der Waals surface area contributed by atoms with Gasteiger partial charge in [-0.1, -0.05) is 29.8 Å². The van der Waals surface area contributed by atoms with Crippen LogP contribution in [0.5, 0.6) is 0 Å². The lowest BCUT2D eigenvalue weighted by atomic mass is 10.1. The van der Waals surface area contributed by atoms with Crippen molar-refractivity contribution in [3.63, 3.8) is 0 Å². The maximum absolute atomic E-state index is 5.82. The summed E-state index contributed by atoms with van der Waals surface area (Å²) in [6.07, 6.45) is 1.85. The van der Waals surface area contributed by atoms with E-state index in [1.54, 1.807) is 0 Å². The summed E-state index contributed by atoms with van der Waals surface area (Å²) in [6.45, 7) is 2.93. The van der Waals surface area contributed by atoms with E-state index in [0.717, 1.165) is 19.6 Å². The number of pyridine rings is 1. The minimum absolute atomic E-state index is 0.544. The van der Waals surface area contributed by atoms with Crippen molar-refractivity contribution >= 4 is 23.0 Å². The van der Waals surface area contributed by atoms with Gasteiger partial charge < -0.3 is 9.80 Å². The minimum Gasteiger partial charge on any atom is -0.371 e. The van der Waals surface area contributed by atoms with Gasteiger partial charge in [0.25, 0.3) is 0 Å². The number of likely N-dealkylation sites (N-methyl/N-ethyl adjacent to an activating group) is 1. The number of para-hydroxylation sites is 2. The first-order chi connectivity index (χ1) is 9.24. The van der Waals surface area contributed by atoms with Crippen LogP contribution < -0.4 is 9.80 Å². The molecule has 3 nitrogen and oxygen atoms in total. The molecule has 0 bridgehead atoms. The molecule has 0 saturated heterocycles. The zero-order valence-corrected chi connectivity index (χ0v) is 11.6. The number of rotatable bonds is 2. The quantitative estimate of drug-likeness (QED) is 0.784. The summed E-state index contributed by atoms with van der Waals surface area (Å²) in [6, 6.07) is 12.4. The summed E-state index contributed by atoms with van der Waals surface area (Å²) in [5, 5.41) is 0.544. The molecule has 0 aliphatic carbocycles. The lowest BCUT2D eigenvalue weighted by molar-refractivity contribution is 0.733. The number of halogens is 1. The van der Waals surface area contributed by atoms with E-state index >= 15 is 0 Å². The molecular weight excluding hydrogens is 258 g/mol. The predicted octanol–water partition coefficient (Wildman–Crippen LogP) is 3.19. The van der Waals surface area contributed by atoms with Crippen LogP contribution in [0.15, 0.2) is 42.6 Å². The maximum atomic E-state index is 5.82. The van der Waals surface area contributed by atoms with Gasteiger partial charge in [-0.25, -0.2) is 4.98 Å². The number of anilines is 2. The second-order valence-corrected chi connectivity index (χ2v) is 5.21. The number of nitrogens with zero attached hydrogens (tertiary/aromatic N) is 3. The first-order valence-electron chi connectivity index (χ1n) is 6.39. The zero-order valence-electron chi connectivity index (χ0n) is 10.9. The Balaban J connectivity index is 1.86. The largest absolute Gasteiger partial charge is 0.371 e. The Bertz CT molecular complexity index is 568. The lowest BCUT2D eigenvalue weighted by Crippen LogP contribution is -2.38. The molecule has 2 aromatic rings. The molecule has 1 aliphatic rings. The van der Waals surface area contributed by atoms with Gasteiger partial charge in [0.05, 0.1) is 11.4 Å². The van der Waals surface area contributed by atoms with Gasteiger partial charge in [-0.3, -0.25) is 0 Å². The standard InChI is InChI=1S/C15H16ClN3/c1-18-8-9-19(14-5-3-2-4-13(14)18)11-12-6-7-15(16)17-10-12/h2-7,10H,8-9,11H2,1H3. The topological polar surface area (TPSA) is 19.4 Å². The van der Waals surface area contributed by atoms with Crippen molar-refractivity contribution in [2.45, 2.75) is 6.54 Å². The highest BCUT2D eigenvalue weighted by molar-refractivity contribution is 6.29. The Morgan fingerprint density at radius 1 is 1.11 bits per heavy atom. The van der Waals surface area contributed by atoms with Gasteiger partial charge in [0, 0.05) is 32.9 Å². The van der Waals surface area contributed by atoms with Crippen LogP contribution in [-0.4, -0.2) is 25.1 Å². The first kappa shape index (κ1) is 12.3. The number of fused-ring (bicyclic) bond motifs is 1. The van der Waals surface area contributed by atoms with E-state index < -0.39 is 0 Å². The van der Waals surface area contributed by atoms with E-state index in [-0.39, 0.29) is 0 Å². The van der Waals surface area contributed by atoms with Crippen molar-refractivity contribution < 1.29 is 0 Å². The molecule has 1 aliphatic heterocycles. The second kappa shape index (κ2) is 5.10. The van der Waals surface area contributed by atoms with Crippen molar-refractivity contribution in [2.75, 3.05) is 29.9 Å². The Morgan fingerprint density at radius 3 is 2.63 bits per heavy atom. The number of hydrogen-bond donors (Lipinski definition) is 0. The second-order valence-electron chi connectivity index (χ2n) is 4.82. The molecule has 3 rings (SSSR count). The fourth-order valence-electron chi connectivity index (χ4n) is 2.45. The summed E-state index contributed by atoms with van der Waals surface area (Å²) in [4.78, 5) is 8.83. The average Bonchev–Trinajstić information content (AvgIpc) is 2.45. The fraction of sp³-hybridized carbons (Fsp3) is 0.267. The van der Waals surface area contributed by atoms with Crippen LogP contribution in [0.3, 0.4) is 0 Å². The molecule has 0 saturated carbocycles. The monoisotopic (exact) mass is 273 g/mol. The number of aromatic nitrogens is 1. The molecule has 0 atom stereocenters. The minimum atomic E-state index is 0.544. The SMILES string of the molecule is CN1CCN(Cc2ccc(Cl)nc2)c2ccccc21. The Hall–Kier alpha value is -1.74. The summed E-state index contributed by atoms with van der Waals surface area (Å²) in [7, 11) is 2.14. The first-order valence-corrected chi connectivity index (χ1v) is 6.77. The van der Waals surface area contributed by atoms with Crippen molar-refractivity contribution in [2.24, 2.45) is 0 Å². The van der Waals surface area contributed by atoms with Gasteiger partial charge in [-0.15, -0.1) is 0 Å². The van der Waals surface area contributed by atoms with E-state index in [1.807, 2.05) is 18.3 Å². The highest BCUT2D eigenvalue weighted by Gasteiger charge is 2.19. The Labute approximate surface area is 118 Å². The third-order valence-electron chi connectivity index (χ3n) is 3.50. The van der Waals surface area contributed by atoms with Crippen LogP contribution in [0.2, 0.25) is 5.15 Å². The maximum Gasteiger partial charge on any atom is 0.129 e. The third kappa shape index (κ3) is 2.51. The summed E-state index contributed by atoms with van der Waals surface area (Å²) >= 11 is 5.82. The normalized spacial score (nSPS) is 14.4. The van der Waals surface area contributed by atoms with E-state index in [0.29, 0.717) is 5.15 Å². The van der Waals surface area contributed by atoms with Crippen molar-refractivity contribution in [1.82, 2.24) is 4.98 Å². The van der Waals surface area contributed by atoms with Gasteiger partial charge in [-0.2, -0.15) is 0 Å². The van der Waals surface area contributed by atoms with Crippen molar-refractivity contribution in [3.8, 4) is 0 Å².